The summed E-state index contributed by atoms with van der Waals surface area (Å²) in [6.45, 7) is 4.22. The minimum atomic E-state index is -0.399. The second-order valence-corrected chi connectivity index (χ2v) is 6.50. The van der Waals surface area contributed by atoms with Crippen LogP contribution in [0.25, 0.3) is 0 Å². The smallest absolute Gasteiger partial charge is 0.283 e. The number of nitro benzene ring substituents is 1. The standard InChI is InChI=1S/C14H15BrN2O2S/c1-3-11-5-7-14(20-11)9(2)16-10-4-6-13(17(18)19)12(15)8-10/h4-9,16H,3H2,1-2H3. The summed E-state index contributed by atoms with van der Waals surface area (Å²) in [5.74, 6) is 0. The monoisotopic (exact) mass is 354 g/mol. The molecule has 0 saturated heterocycles. The molecule has 1 atom stereocenters. The van der Waals surface area contributed by atoms with Crippen molar-refractivity contribution in [2.24, 2.45) is 0 Å². The predicted octanol–water partition coefficient (Wildman–Crippen LogP) is 5.15. The molecule has 4 nitrogen and oxygen atoms in total. The molecule has 0 fully saturated rings. The molecule has 106 valence electrons. The van der Waals surface area contributed by atoms with Crippen LogP contribution in [0.2, 0.25) is 0 Å². The number of aryl methyl sites for hydroxylation is 1. The van der Waals surface area contributed by atoms with E-state index in [0.717, 1.165) is 12.1 Å². The highest BCUT2D eigenvalue weighted by molar-refractivity contribution is 9.10. The van der Waals surface area contributed by atoms with Gasteiger partial charge in [0, 0.05) is 21.5 Å². The van der Waals surface area contributed by atoms with Gasteiger partial charge >= 0.3 is 0 Å². The third-order valence-corrected chi connectivity index (χ3v) is 5.03. The molecule has 1 N–H and O–H groups in total. The summed E-state index contributed by atoms with van der Waals surface area (Å²) in [7, 11) is 0. The Kier molecular flexibility index (Phi) is 4.77. The lowest BCUT2D eigenvalue weighted by molar-refractivity contribution is -0.385. The number of halogens is 1. The van der Waals surface area contributed by atoms with Crippen molar-refractivity contribution in [1.82, 2.24) is 0 Å². The van der Waals surface area contributed by atoms with Gasteiger partial charge in [0.15, 0.2) is 0 Å². The number of hydrogen-bond acceptors (Lipinski definition) is 4. The molecule has 0 spiro atoms. The maximum Gasteiger partial charge on any atom is 0.283 e. The molecule has 0 saturated carbocycles. The molecule has 0 aliphatic rings. The molecule has 0 amide bonds. The Morgan fingerprint density at radius 3 is 2.70 bits per heavy atom. The van der Waals surface area contributed by atoms with Crippen LogP contribution in [0.3, 0.4) is 0 Å². The van der Waals surface area contributed by atoms with Gasteiger partial charge in [-0.3, -0.25) is 10.1 Å². The summed E-state index contributed by atoms with van der Waals surface area (Å²) in [4.78, 5) is 13.0. The van der Waals surface area contributed by atoms with E-state index in [1.807, 2.05) is 0 Å². The molecule has 20 heavy (non-hydrogen) atoms. The number of nitro groups is 1. The van der Waals surface area contributed by atoms with Gasteiger partial charge in [0.2, 0.25) is 0 Å². The third-order valence-electron chi connectivity index (χ3n) is 2.99. The highest BCUT2D eigenvalue weighted by Crippen LogP contribution is 2.31. The van der Waals surface area contributed by atoms with Gasteiger partial charge in [-0.15, -0.1) is 11.3 Å². The minimum absolute atomic E-state index is 0.0765. The first-order valence-corrected chi connectivity index (χ1v) is 7.91. The van der Waals surface area contributed by atoms with E-state index in [1.165, 1.54) is 15.8 Å². The second-order valence-electron chi connectivity index (χ2n) is 4.45. The summed E-state index contributed by atoms with van der Waals surface area (Å²) in [6, 6.07) is 9.42. The number of nitrogens with zero attached hydrogens (tertiary/aromatic N) is 1. The number of thiophene rings is 1. The fourth-order valence-electron chi connectivity index (χ4n) is 1.88. The number of benzene rings is 1. The van der Waals surface area contributed by atoms with Crippen LogP contribution in [0.15, 0.2) is 34.8 Å². The van der Waals surface area contributed by atoms with Crippen LogP contribution >= 0.6 is 27.3 Å². The van der Waals surface area contributed by atoms with E-state index < -0.39 is 4.92 Å². The molecule has 2 rings (SSSR count). The summed E-state index contributed by atoms with van der Waals surface area (Å²) in [6.07, 6.45) is 1.04. The van der Waals surface area contributed by atoms with Crippen LogP contribution in [0.4, 0.5) is 11.4 Å². The fraction of sp³-hybridized carbons (Fsp3) is 0.286. The lowest BCUT2D eigenvalue weighted by Gasteiger charge is -2.14. The predicted molar refractivity (Wildman–Crippen MR) is 86.5 cm³/mol. The summed E-state index contributed by atoms with van der Waals surface area (Å²) >= 11 is 5.02. The SMILES string of the molecule is CCc1ccc(C(C)Nc2ccc([N+](=O)[O-])c(Br)c2)s1. The molecule has 1 aromatic heterocycles. The van der Waals surface area contributed by atoms with Gasteiger partial charge in [-0.25, -0.2) is 0 Å². The van der Waals surface area contributed by atoms with E-state index in [9.17, 15) is 10.1 Å². The van der Waals surface area contributed by atoms with Crippen LogP contribution in [0, 0.1) is 10.1 Å². The topological polar surface area (TPSA) is 55.2 Å². The lowest BCUT2D eigenvalue weighted by Crippen LogP contribution is -2.04. The largest absolute Gasteiger partial charge is 0.378 e. The zero-order valence-corrected chi connectivity index (χ0v) is 13.6. The van der Waals surface area contributed by atoms with Crippen LogP contribution in [0.1, 0.15) is 29.6 Å². The molecule has 0 aliphatic carbocycles. The first-order valence-electron chi connectivity index (χ1n) is 6.30. The fourth-order valence-corrected chi connectivity index (χ4v) is 3.36. The molecule has 2 aromatic rings. The van der Waals surface area contributed by atoms with Crippen molar-refractivity contribution >= 4 is 38.6 Å². The molecular weight excluding hydrogens is 340 g/mol. The van der Waals surface area contributed by atoms with Crippen molar-refractivity contribution in [3.63, 3.8) is 0 Å². The first kappa shape index (κ1) is 15.0. The number of nitrogens with one attached hydrogen (secondary N) is 1. The summed E-state index contributed by atoms with van der Waals surface area (Å²) in [5, 5.41) is 14.1. The highest BCUT2D eigenvalue weighted by atomic mass is 79.9. The van der Waals surface area contributed by atoms with Crippen molar-refractivity contribution < 1.29 is 4.92 Å². The van der Waals surface area contributed by atoms with Crippen LogP contribution in [0.5, 0.6) is 0 Å². The van der Waals surface area contributed by atoms with Gasteiger partial charge in [-0.2, -0.15) is 0 Å². The number of rotatable bonds is 5. The van der Waals surface area contributed by atoms with Crippen molar-refractivity contribution in [2.75, 3.05) is 5.32 Å². The van der Waals surface area contributed by atoms with E-state index in [4.69, 9.17) is 0 Å². The zero-order chi connectivity index (χ0) is 14.7. The average molecular weight is 355 g/mol. The molecular formula is C14H15BrN2O2S. The number of anilines is 1. The van der Waals surface area contributed by atoms with Crippen molar-refractivity contribution in [3.8, 4) is 0 Å². The lowest BCUT2D eigenvalue weighted by atomic mass is 10.2. The maximum absolute atomic E-state index is 10.8. The maximum atomic E-state index is 10.8. The summed E-state index contributed by atoms with van der Waals surface area (Å²) in [5.41, 5.74) is 0.939. The second kappa shape index (κ2) is 6.37. The Bertz CT molecular complexity index is 627. The van der Waals surface area contributed by atoms with E-state index >= 15 is 0 Å². The summed E-state index contributed by atoms with van der Waals surface area (Å²) < 4.78 is 0.486. The van der Waals surface area contributed by atoms with E-state index in [1.54, 1.807) is 23.5 Å². The number of hydrogen-bond donors (Lipinski definition) is 1. The Morgan fingerprint density at radius 2 is 2.15 bits per heavy atom. The molecule has 0 radical (unpaired) electrons. The first-order chi connectivity index (χ1) is 9.51. The zero-order valence-electron chi connectivity index (χ0n) is 11.2. The Morgan fingerprint density at radius 1 is 1.40 bits per heavy atom. The Labute approximate surface area is 130 Å². The van der Waals surface area contributed by atoms with Crippen molar-refractivity contribution in [3.05, 3.63) is 54.7 Å². The molecule has 1 heterocycles. The minimum Gasteiger partial charge on any atom is -0.378 e. The van der Waals surface area contributed by atoms with Crippen LogP contribution in [-0.4, -0.2) is 4.92 Å². The van der Waals surface area contributed by atoms with Crippen molar-refractivity contribution in [2.45, 2.75) is 26.3 Å². The Hall–Kier alpha value is -1.40. The van der Waals surface area contributed by atoms with Gasteiger partial charge < -0.3 is 5.32 Å². The quantitative estimate of drug-likeness (QED) is 0.596. The van der Waals surface area contributed by atoms with Gasteiger partial charge in [0.05, 0.1) is 15.4 Å². The van der Waals surface area contributed by atoms with Gasteiger partial charge in [-0.1, -0.05) is 6.92 Å². The molecule has 0 aliphatic heterocycles. The highest BCUT2D eigenvalue weighted by Gasteiger charge is 2.13. The molecule has 6 heteroatoms. The van der Waals surface area contributed by atoms with E-state index in [-0.39, 0.29) is 11.7 Å². The Balaban J connectivity index is 2.13. The van der Waals surface area contributed by atoms with E-state index in [2.05, 4.69) is 47.2 Å². The molecule has 1 aromatic carbocycles. The van der Waals surface area contributed by atoms with Crippen LogP contribution in [-0.2, 0) is 6.42 Å². The normalized spacial score (nSPS) is 12.2. The molecule has 0 bridgehead atoms. The van der Waals surface area contributed by atoms with Gasteiger partial charge in [-0.05, 0) is 53.5 Å². The van der Waals surface area contributed by atoms with Crippen LogP contribution < -0.4 is 5.32 Å². The van der Waals surface area contributed by atoms with Crippen molar-refractivity contribution in [1.29, 1.82) is 0 Å². The van der Waals surface area contributed by atoms with E-state index in [0.29, 0.717) is 4.47 Å². The molecule has 1 unspecified atom stereocenters. The average Bonchev–Trinajstić information content (AvgIpc) is 2.87. The van der Waals surface area contributed by atoms with Gasteiger partial charge in [0.25, 0.3) is 5.69 Å². The van der Waals surface area contributed by atoms with Gasteiger partial charge in [0.1, 0.15) is 0 Å². The third kappa shape index (κ3) is 3.37.